The number of rotatable bonds is 5. The number of benzene rings is 1. The summed E-state index contributed by atoms with van der Waals surface area (Å²) in [4.78, 5) is -0.250. The van der Waals surface area contributed by atoms with Crippen molar-refractivity contribution in [1.29, 1.82) is 0 Å². The highest BCUT2D eigenvalue weighted by Gasteiger charge is 2.13. The Morgan fingerprint density at radius 2 is 2.25 bits per heavy atom. The summed E-state index contributed by atoms with van der Waals surface area (Å²) < 4.78 is 37.7. The van der Waals surface area contributed by atoms with Crippen LogP contribution in [-0.2, 0) is 16.6 Å². The first kappa shape index (κ1) is 14.5. The van der Waals surface area contributed by atoms with Crippen LogP contribution in [0, 0.1) is 5.82 Å². The van der Waals surface area contributed by atoms with E-state index < -0.39 is 15.8 Å². The first-order valence-electron chi connectivity index (χ1n) is 5.92. The molecule has 1 aromatic carbocycles. The number of aromatic nitrogens is 2. The van der Waals surface area contributed by atoms with Gasteiger partial charge in [0.25, 0.3) is 0 Å². The van der Waals surface area contributed by atoms with E-state index in [2.05, 4.69) is 10.4 Å². The van der Waals surface area contributed by atoms with Gasteiger partial charge in [-0.05, 0) is 31.2 Å². The van der Waals surface area contributed by atoms with Crippen molar-refractivity contribution in [3.05, 3.63) is 42.5 Å². The minimum absolute atomic E-state index is 0.0790. The Bertz CT molecular complexity index is 685. The number of nitrogens with two attached hydrogens (primary N) is 1. The molecule has 0 saturated carbocycles. The van der Waals surface area contributed by atoms with Gasteiger partial charge in [0.2, 0.25) is 10.0 Å². The number of anilines is 1. The summed E-state index contributed by atoms with van der Waals surface area (Å²) in [6.07, 6.45) is 3.47. The fraction of sp³-hybridized carbons (Fsp3) is 0.250. The second-order valence-corrected chi connectivity index (χ2v) is 6.02. The van der Waals surface area contributed by atoms with Gasteiger partial charge in [-0.15, -0.1) is 0 Å². The molecule has 0 aliphatic heterocycles. The fourth-order valence-corrected chi connectivity index (χ4v) is 2.32. The molecule has 0 aliphatic rings. The lowest BCUT2D eigenvalue weighted by Crippen LogP contribution is -2.23. The van der Waals surface area contributed by atoms with E-state index in [1.165, 1.54) is 12.1 Å². The van der Waals surface area contributed by atoms with Gasteiger partial charge in [-0.3, -0.25) is 4.68 Å². The first-order valence-corrected chi connectivity index (χ1v) is 7.47. The van der Waals surface area contributed by atoms with Gasteiger partial charge in [0.1, 0.15) is 5.82 Å². The lowest BCUT2D eigenvalue weighted by Gasteiger charge is -2.16. The van der Waals surface area contributed by atoms with Gasteiger partial charge in [0, 0.05) is 18.4 Å². The van der Waals surface area contributed by atoms with E-state index in [1.807, 2.05) is 6.92 Å². The van der Waals surface area contributed by atoms with Crippen LogP contribution in [0.1, 0.15) is 6.92 Å². The normalized spacial score (nSPS) is 13.2. The Morgan fingerprint density at radius 1 is 1.50 bits per heavy atom. The van der Waals surface area contributed by atoms with Crippen LogP contribution in [0.3, 0.4) is 0 Å². The molecule has 1 heterocycles. The number of nitrogens with zero attached hydrogens (tertiary/aromatic N) is 2. The van der Waals surface area contributed by atoms with Crippen molar-refractivity contribution in [3.63, 3.8) is 0 Å². The van der Waals surface area contributed by atoms with E-state index >= 15 is 0 Å². The Kier molecular flexibility index (Phi) is 4.05. The third-order valence-corrected chi connectivity index (χ3v) is 3.60. The van der Waals surface area contributed by atoms with Crippen LogP contribution >= 0.6 is 0 Å². The number of halogens is 1. The van der Waals surface area contributed by atoms with Crippen molar-refractivity contribution in [1.82, 2.24) is 9.78 Å². The number of sulfonamides is 1. The Morgan fingerprint density at radius 3 is 2.80 bits per heavy atom. The average molecular weight is 298 g/mol. The maximum absolute atomic E-state index is 13.8. The summed E-state index contributed by atoms with van der Waals surface area (Å²) in [6.45, 7) is 2.43. The van der Waals surface area contributed by atoms with Crippen molar-refractivity contribution >= 4 is 15.7 Å². The third-order valence-electron chi connectivity index (χ3n) is 2.69. The maximum Gasteiger partial charge on any atom is 0.238 e. The lowest BCUT2D eigenvalue weighted by atomic mass is 10.2. The summed E-state index contributed by atoms with van der Waals surface area (Å²) in [6, 6.07) is 5.24. The van der Waals surface area contributed by atoms with Crippen LogP contribution < -0.4 is 10.5 Å². The molecule has 2 aromatic rings. The fourth-order valence-electron chi connectivity index (χ4n) is 1.79. The largest absolute Gasteiger partial charge is 0.378 e. The summed E-state index contributed by atoms with van der Waals surface area (Å²) in [5.74, 6) is -0.663. The summed E-state index contributed by atoms with van der Waals surface area (Å²) in [5.41, 5.74) is 0.219. The molecule has 0 bridgehead atoms. The molecule has 1 unspecified atom stereocenters. The number of primary sulfonamides is 1. The van der Waals surface area contributed by atoms with Crippen molar-refractivity contribution in [2.45, 2.75) is 24.4 Å². The standard InChI is InChI=1S/C12H15FN4O2S/c1-9(8-17-6-2-5-15-17)16-12-4-3-10(7-11(12)13)20(14,18)19/h2-7,9,16H,8H2,1H3,(H2,14,18,19). The molecule has 2 rings (SSSR count). The second kappa shape index (κ2) is 5.59. The number of hydrogen-bond acceptors (Lipinski definition) is 4. The van der Waals surface area contributed by atoms with E-state index in [4.69, 9.17) is 5.14 Å². The predicted molar refractivity (Wildman–Crippen MR) is 73.1 cm³/mol. The molecule has 1 atom stereocenters. The predicted octanol–water partition coefficient (Wildman–Crippen LogP) is 1.17. The topological polar surface area (TPSA) is 90.0 Å². The zero-order valence-electron chi connectivity index (χ0n) is 10.8. The van der Waals surface area contributed by atoms with E-state index in [-0.39, 0.29) is 16.6 Å². The molecule has 8 heteroatoms. The van der Waals surface area contributed by atoms with Crippen LogP contribution in [0.2, 0.25) is 0 Å². The number of hydrogen-bond donors (Lipinski definition) is 2. The molecular formula is C12H15FN4O2S. The van der Waals surface area contributed by atoms with Gasteiger partial charge in [0.15, 0.2) is 0 Å². The van der Waals surface area contributed by atoms with E-state index in [0.717, 1.165) is 6.07 Å². The zero-order chi connectivity index (χ0) is 14.8. The molecule has 0 aliphatic carbocycles. The molecule has 0 saturated heterocycles. The van der Waals surface area contributed by atoms with Crippen molar-refractivity contribution in [2.24, 2.45) is 5.14 Å². The van der Waals surface area contributed by atoms with Crippen LogP contribution in [-0.4, -0.2) is 24.2 Å². The van der Waals surface area contributed by atoms with E-state index in [0.29, 0.717) is 6.54 Å². The third kappa shape index (κ3) is 3.55. The molecule has 3 N–H and O–H groups in total. The summed E-state index contributed by atoms with van der Waals surface area (Å²) >= 11 is 0. The minimum Gasteiger partial charge on any atom is -0.378 e. The van der Waals surface area contributed by atoms with Gasteiger partial charge in [-0.1, -0.05) is 0 Å². The van der Waals surface area contributed by atoms with Gasteiger partial charge in [-0.25, -0.2) is 17.9 Å². The summed E-state index contributed by atoms with van der Waals surface area (Å²) in [7, 11) is -3.89. The summed E-state index contributed by atoms with van der Waals surface area (Å²) in [5, 5.41) is 12.0. The Balaban J connectivity index is 2.10. The van der Waals surface area contributed by atoms with Crippen LogP contribution in [0.4, 0.5) is 10.1 Å². The maximum atomic E-state index is 13.8. The number of nitrogens with one attached hydrogen (secondary N) is 1. The lowest BCUT2D eigenvalue weighted by molar-refractivity contribution is 0.554. The molecule has 6 nitrogen and oxygen atoms in total. The Hall–Kier alpha value is -1.93. The van der Waals surface area contributed by atoms with Crippen LogP contribution in [0.15, 0.2) is 41.6 Å². The second-order valence-electron chi connectivity index (χ2n) is 4.46. The van der Waals surface area contributed by atoms with Gasteiger partial charge < -0.3 is 5.32 Å². The van der Waals surface area contributed by atoms with Gasteiger partial charge >= 0.3 is 0 Å². The smallest absolute Gasteiger partial charge is 0.238 e. The molecule has 0 radical (unpaired) electrons. The van der Waals surface area contributed by atoms with Crippen molar-refractivity contribution in [2.75, 3.05) is 5.32 Å². The first-order chi connectivity index (χ1) is 9.36. The zero-order valence-corrected chi connectivity index (χ0v) is 11.6. The quantitative estimate of drug-likeness (QED) is 0.867. The molecule has 20 heavy (non-hydrogen) atoms. The SMILES string of the molecule is CC(Cn1cccn1)Nc1ccc(S(N)(=O)=O)cc1F. The Labute approximate surface area is 116 Å². The molecule has 0 amide bonds. The highest BCUT2D eigenvalue weighted by atomic mass is 32.2. The van der Waals surface area contributed by atoms with Crippen molar-refractivity contribution in [3.8, 4) is 0 Å². The minimum atomic E-state index is -3.89. The van der Waals surface area contributed by atoms with Crippen LogP contribution in [0.5, 0.6) is 0 Å². The van der Waals surface area contributed by atoms with E-state index in [9.17, 15) is 12.8 Å². The van der Waals surface area contributed by atoms with E-state index in [1.54, 1.807) is 23.1 Å². The molecule has 0 spiro atoms. The van der Waals surface area contributed by atoms with Gasteiger partial charge in [0.05, 0.1) is 17.1 Å². The molecule has 0 fully saturated rings. The van der Waals surface area contributed by atoms with Crippen LogP contribution in [0.25, 0.3) is 0 Å². The molecular weight excluding hydrogens is 283 g/mol. The van der Waals surface area contributed by atoms with Gasteiger partial charge in [-0.2, -0.15) is 5.10 Å². The average Bonchev–Trinajstić information content (AvgIpc) is 2.83. The van der Waals surface area contributed by atoms with Crippen molar-refractivity contribution < 1.29 is 12.8 Å². The molecule has 108 valence electrons. The molecule has 1 aromatic heterocycles. The monoisotopic (exact) mass is 298 g/mol. The highest BCUT2D eigenvalue weighted by Crippen LogP contribution is 2.19. The highest BCUT2D eigenvalue weighted by molar-refractivity contribution is 7.89.